The Morgan fingerprint density at radius 3 is 1.39 bits per heavy atom. The second-order valence-electron chi connectivity index (χ2n) is 9.32. The lowest BCUT2D eigenvalue weighted by molar-refractivity contribution is 1.29. The summed E-state index contributed by atoms with van der Waals surface area (Å²) in [5.74, 6) is 0. The van der Waals surface area contributed by atoms with Gasteiger partial charge >= 0.3 is 0 Å². The Kier molecular flexibility index (Phi) is 5.45. The molecule has 0 saturated carbocycles. The zero-order valence-electron chi connectivity index (χ0n) is 20.6. The minimum atomic E-state index is 0.937. The Morgan fingerprint density at radius 1 is 0.342 bits per heavy atom. The fourth-order valence-electron chi connectivity index (χ4n) is 5.42. The summed E-state index contributed by atoms with van der Waals surface area (Å²) in [6, 6.07) is 38.7. The number of benzene rings is 4. The molecule has 0 unspecified atom stereocenters. The quantitative estimate of drug-likeness (QED) is 0.234. The molecule has 0 spiro atoms. The maximum absolute atomic E-state index is 4.67. The van der Waals surface area contributed by atoms with Crippen LogP contribution in [0.1, 0.15) is 0 Å². The van der Waals surface area contributed by atoms with Crippen LogP contribution < -0.4 is 0 Å². The number of hydrogen-bond donors (Lipinski definition) is 0. The van der Waals surface area contributed by atoms with Crippen LogP contribution in [-0.2, 0) is 0 Å². The summed E-state index contributed by atoms with van der Waals surface area (Å²) in [4.78, 5) is 13.0. The van der Waals surface area contributed by atoms with Gasteiger partial charge in [-0.3, -0.25) is 15.0 Å². The average molecular weight is 486 g/mol. The molecule has 0 fully saturated rings. The smallest absolute Gasteiger partial charge is 0.0709 e. The van der Waals surface area contributed by atoms with Gasteiger partial charge in [-0.05, 0) is 97.4 Å². The molecule has 0 bridgehead atoms. The third kappa shape index (κ3) is 3.82. The van der Waals surface area contributed by atoms with Gasteiger partial charge in [-0.1, -0.05) is 66.7 Å². The lowest BCUT2D eigenvalue weighted by Gasteiger charge is -2.18. The summed E-state index contributed by atoms with van der Waals surface area (Å²) in [7, 11) is 0. The third-order valence-corrected chi connectivity index (χ3v) is 7.12. The van der Waals surface area contributed by atoms with Crippen LogP contribution in [0.4, 0.5) is 0 Å². The maximum Gasteiger partial charge on any atom is 0.0709 e. The van der Waals surface area contributed by atoms with E-state index in [2.05, 4.69) is 112 Å². The fraction of sp³-hybridized carbons (Fsp3) is 0. The molecule has 178 valence electrons. The second-order valence-corrected chi connectivity index (χ2v) is 9.32. The van der Waals surface area contributed by atoms with E-state index >= 15 is 0 Å². The molecule has 0 aliphatic heterocycles. The molecule has 4 aromatic carbocycles. The molecule has 0 aliphatic rings. The van der Waals surface area contributed by atoms with Crippen molar-refractivity contribution in [1.82, 2.24) is 15.0 Å². The third-order valence-electron chi connectivity index (χ3n) is 7.12. The predicted molar refractivity (Wildman–Crippen MR) is 157 cm³/mol. The van der Waals surface area contributed by atoms with Gasteiger partial charge in [-0.2, -0.15) is 0 Å². The summed E-state index contributed by atoms with van der Waals surface area (Å²) in [5.41, 5.74) is 9.15. The lowest BCUT2D eigenvalue weighted by atomic mass is 9.85. The lowest BCUT2D eigenvalue weighted by Crippen LogP contribution is -1.92. The number of hydrogen-bond acceptors (Lipinski definition) is 3. The van der Waals surface area contributed by atoms with Gasteiger partial charge in [0, 0.05) is 36.5 Å². The summed E-state index contributed by atoms with van der Waals surface area (Å²) >= 11 is 0. The van der Waals surface area contributed by atoms with Gasteiger partial charge in [0.05, 0.1) is 5.69 Å². The first kappa shape index (κ1) is 22.1. The summed E-state index contributed by atoms with van der Waals surface area (Å²) < 4.78 is 0. The van der Waals surface area contributed by atoms with Crippen molar-refractivity contribution in [2.24, 2.45) is 0 Å². The zero-order chi connectivity index (χ0) is 25.3. The van der Waals surface area contributed by atoms with E-state index in [1.807, 2.05) is 43.1 Å². The highest BCUT2D eigenvalue weighted by molar-refractivity contribution is 6.21. The van der Waals surface area contributed by atoms with Crippen LogP contribution in [0.5, 0.6) is 0 Å². The molecule has 0 N–H and O–H groups in total. The molecule has 0 aliphatic carbocycles. The Balaban J connectivity index is 1.51. The van der Waals surface area contributed by atoms with E-state index in [1.165, 1.54) is 43.8 Å². The number of nitrogens with zero attached hydrogens (tertiary/aromatic N) is 3. The minimum absolute atomic E-state index is 0.937. The summed E-state index contributed by atoms with van der Waals surface area (Å²) in [5, 5.41) is 4.91. The van der Waals surface area contributed by atoms with E-state index in [-0.39, 0.29) is 0 Å². The molecule has 3 heteroatoms. The highest BCUT2D eigenvalue weighted by Gasteiger charge is 2.17. The highest BCUT2D eigenvalue weighted by Crippen LogP contribution is 2.44. The molecule has 0 radical (unpaired) electrons. The molecule has 7 aromatic rings. The maximum atomic E-state index is 4.67. The Morgan fingerprint density at radius 2 is 0.816 bits per heavy atom. The standard InChI is InChI=1S/C35H23N3/c1-3-10-31-29(8-1)34(27-7-5-6-26(22-27)24-12-17-36-18-13-24)30-9-2-4-11-32(30)35(31)28-16-21-38-33(23-28)25-14-19-37-20-15-25/h1-23H. The van der Waals surface area contributed by atoms with Gasteiger partial charge in [0.1, 0.15) is 0 Å². The van der Waals surface area contributed by atoms with Gasteiger partial charge < -0.3 is 0 Å². The van der Waals surface area contributed by atoms with Gasteiger partial charge in [0.25, 0.3) is 0 Å². The van der Waals surface area contributed by atoms with Crippen molar-refractivity contribution in [3.05, 3.63) is 140 Å². The van der Waals surface area contributed by atoms with Gasteiger partial charge in [0.15, 0.2) is 0 Å². The largest absolute Gasteiger partial charge is 0.265 e. The number of rotatable bonds is 4. The average Bonchev–Trinajstić information content (AvgIpc) is 3.01. The fourth-order valence-corrected chi connectivity index (χ4v) is 5.42. The first-order chi connectivity index (χ1) is 18.9. The van der Waals surface area contributed by atoms with Gasteiger partial charge in [0.2, 0.25) is 0 Å². The molecular formula is C35H23N3. The van der Waals surface area contributed by atoms with Gasteiger partial charge in [-0.15, -0.1) is 0 Å². The van der Waals surface area contributed by atoms with Crippen LogP contribution in [0.15, 0.2) is 140 Å². The van der Waals surface area contributed by atoms with E-state index in [1.54, 1.807) is 0 Å². The Labute approximate surface area is 221 Å². The van der Waals surface area contributed by atoms with Crippen LogP contribution in [-0.4, -0.2) is 15.0 Å². The molecule has 3 nitrogen and oxygen atoms in total. The van der Waals surface area contributed by atoms with Crippen molar-refractivity contribution in [2.45, 2.75) is 0 Å². The van der Waals surface area contributed by atoms with E-state index in [0.717, 1.165) is 22.4 Å². The van der Waals surface area contributed by atoms with Crippen LogP contribution >= 0.6 is 0 Å². The molecule has 38 heavy (non-hydrogen) atoms. The van der Waals surface area contributed by atoms with Gasteiger partial charge in [-0.25, -0.2) is 0 Å². The first-order valence-electron chi connectivity index (χ1n) is 12.7. The SMILES string of the molecule is c1cc(-c2ccncc2)cc(-c2c3ccccc3c(-c3ccnc(-c4ccncc4)c3)c3ccccc23)c1. The molecule has 7 rings (SSSR count). The summed E-state index contributed by atoms with van der Waals surface area (Å²) in [6.45, 7) is 0. The molecule has 0 amide bonds. The molecule has 3 heterocycles. The van der Waals surface area contributed by atoms with Crippen molar-refractivity contribution < 1.29 is 0 Å². The van der Waals surface area contributed by atoms with Crippen LogP contribution in [0.2, 0.25) is 0 Å². The van der Waals surface area contributed by atoms with Crippen molar-refractivity contribution in [3.63, 3.8) is 0 Å². The van der Waals surface area contributed by atoms with Crippen LogP contribution in [0.25, 0.3) is 66.2 Å². The van der Waals surface area contributed by atoms with E-state index in [4.69, 9.17) is 0 Å². The van der Waals surface area contributed by atoms with Crippen LogP contribution in [0, 0.1) is 0 Å². The van der Waals surface area contributed by atoms with Crippen LogP contribution in [0.3, 0.4) is 0 Å². The van der Waals surface area contributed by atoms with Crippen molar-refractivity contribution >= 4 is 21.5 Å². The monoisotopic (exact) mass is 485 g/mol. The first-order valence-corrected chi connectivity index (χ1v) is 12.7. The van der Waals surface area contributed by atoms with E-state index in [9.17, 15) is 0 Å². The Bertz CT molecular complexity index is 1710. The molecule has 0 saturated heterocycles. The predicted octanol–water partition coefficient (Wildman–Crippen LogP) is 8.85. The van der Waals surface area contributed by atoms with Crippen molar-refractivity contribution in [2.75, 3.05) is 0 Å². The minimum Gasteiger partial charge on any atom is -0.265 e. The van der Waals surface area contributed by atoms with E-state index in [0.29, 0.717) is 0 Å². The molecular weight excluding hydrogens is 462 g/mol. The number of pyridine rings is 3. The van der Waals surface area contributed by atoms with Crippen molar-refractivity contribution in [3.8, 4) is 44.6 Å². The molecule has 3 aromatic heterocycles. The number of aromatic nitrogens is 3. The van der Waals surface area contributed by atoms with E-state index < -0.39 is 0 Å². The highest BCUT2D eigenvalue weighted by atomic mass is 14.7. The zero-order valence-corrected chi connectivity index (χ0v) is 20.6. The summed E-state index contributed by atoms with van der Waals surface area (Å²) in [6.07, 6.45) is 9.21. The normalized spacial score (nSPS) is 11.2. The van der Waals surface area contributed by atoms with Crippen molar-refractivity contribution in [1.29, 1.82) is 0 Å². The Hall–Kier alpha value is -5.15. The number of fused-ring (bicyclic) bond motifs is 2. The molecule has 0 atom stereocenters. The topological polar surface area (TPSA) is 38.7 Å². The second kappa shape index (κ2) is 9.38.